The number of halogens is 1. The maximum Gasteiger partial charge on any atom is 0.294 e. The fraction of sp³-hybridized carbons (Fsp3) is 0.292. The highest BCUT2D eigenvalue weighted by molar-refractivity contribution is 9.10. The first kappa shape index (κ1) is 24.2. The predicted octanol–water partition coefficient (Wildman–Crippen LogP) is 4.74. The number of hydrogen-bond donors (Lipinski definition) is 1. The average molecular weight is 546 g/mol. The topological polar surface area (TPSA) is 88.2 Å². The first-order valence-corrected chi connectivity index (χ1v) is 12.3. The Balaban J connectivity index is 1.53. The second kappa shape index (κ2) is 10.5. The van der Waals surface area contributed by atoms with Crippen LogP contribution in [0.15, 0.2) is 45.8 Å². The number of benzene rings is 2. The van der Waals surface area contributed by atoms with Crippen LogP contribution < -0.4 is 19.7 Å². The quantitative estimate of drug-likeness (QED) is 0.502. The zero-order valence-corrected chi connectivity index (χ0v) is 21.2. The molecule has 4 rings (SSSR count). The molecule has 0 spiro atoms. The third-order valence-corrected chi connectivity index (χ3v) is 7.00. The van der Waals surface area contributed by atoms with Crippen LogP contribution in [0, 0.1) is 0 Å². The summed E-state index contributed by atoms with van der Waals surface area (Å²) in [7, 11) is 3.16. The number of nitrogens with one attached hydrogen (secondary N) is 1. The van der Waals surface area contributed by atoms with E-state index in [0.29, 0.717) is 22.7 Å². The highest BCUT2D eigenvalue weighted by atomic mass is 79.9. The van der Waals surface area contributed by atoms with Gasteiger partial charge in [0.1, 0.15) is 18.0 Å². The summed E-state index contributed by atoms with van der Waals surface area (Å²) < 4.78 is 12.0. The Morgan fingerprint density at radius 3 is 2.41 bits per heavy atom. The molecule has 10 heteroatoms. The van der Waals surface area contributed by atoms with Crippen molar-refractivity contribution in [3.8, 4) is 11.5 Å². The van der Waals surface area contributed by atoms with Gasteiger partial charge in [0.2, 0.25) is 5.91 Å². The molecule has 0 radical (unpaired) electrons. The molecular formula is C24H24BrN3O5S. The van der Waals surface area contributed by atoms with Crippen LogP contribution in [0.5, 0.6) is 11.5 Å². The van der Waals surface area contributed by atoms with E-state index in [2.05, 4.69) is 26.1 Å². The van der Waals surface area contributed by atoms with Gasteiger partial charge in [-0.25, -0.2) is 0 Å². The molecule has 0 bridgehead atoms. The van der Waals surface area contributed by atoms with Crippen molar-refractivity contribution in [2.75, 3.05) is 44.1 Å². The van der Waals surface area contributed by atoms with Gasteiger partial charge in [-0.15, -0.1) is 0 Å². The van der Waals surface area contributed by atoms with E-state index < -0.39 is 17.1 Å². The van der Waals surface area contributed by atoms with Gasteiger partial charge in [-0.05, 0) is 61.0 Å². The Hall–Kier alpha value is -2.98. The molecule has 0 atom stereocenters. The number of ether oxygens (including phenoxy) is 2. The summed E-state index contributed by atoms with van der Waals surface area (Å²) in [6.45, 7) is 1.52. The van der Waals surface area contributed by atoms with Gasteiger partial charge in [0.05, 0.1) is 24.8 Å². The van der Waals surface area contributed by atoms with Gasteiger partial charge in [0, 0.05) is 34.9 Å². The maximum absolute atomic E-state index is 12.9. The van der Waals surface area contributed by atoms with Crippen LogP contribution in [0.3, 0.4) is 0 Å². The molecule has 2 aliphatic heterocycles. The maximum atomic E-state index is 12.9. The summed E-state index contributed by atoms with van der Waals surface area (Å²) in [5.74, 6) is 0.259. The van der Waals surface area contributed by atoms with Crippen molar-refractivity contribution in [2.24, 2.45) is 0 Å². The molecule has 8 nitrogen and oxygen atoms in total. The molecule has 2 aromatic carbocycles. The van der Waals surface area contributed by atoms with E-state index in [1.165, 1.54) is 0 Å². The lowest BCUT2D eigenvalue weighted by Crippen LogP contribution is -2.36. The summed E-state index contributed by atoms with van der Waals surface area (Å²) in [6, 6.07) is 10.7. The van der Waals surface area contributed by atoms with Gasteiger partial charge in [0.25, 0.3) is 11.1 Å². The number of thioether (sulfide) groups is 1. The molecule has 3 amide bonds. The summed E-state index contributed by atoms with van der Waals surface area (Å²) in [5, 5.41) is 2.19. The lowest BCUT2D eigenvalue weighted by atomic mass is 10.1. The van der Waals surface area contributed by atoms with Crippen LogP contribution in [-0.4, -0.2) is 55.8 Å². The van der Waals surface area contributed by atoms with Crippen molar-refractivity contribution >= 4 is 62.2 Å². The molecule has 0 unspecified atom stereocenters. The van der Waals surface area contributed by atoms with E-state index in [1.807, 2.05) is 6.07 Å². The Bertz CT molecular complexity index is 1150. The molecule has 34 heavy (non-hydrogen) atoms. The molecule has 0 aromatic heterocycles. The van der Waals surface area contributed by atoms with Crippen molar-refractivity contribution in [1.29, 1.82) is 0 Å². The fourth-order valence-corrected chi connectivity index (χ4v) is 4.97. The third kappa shape index (κ3) is 5.23. The minimum atomic E-state index is -0.523. The molecule has 1 N–H and O–H groups in total. The number of anilines is 2. The molecule has 0 saturated carbocycles. The molecule has 2 aliphatic rings. The number of carbonyl (C=O) groups is 3. The zero-order chi connectivity index (χ0) is 24.2. The molecule has 2 saturated heterocycles. The third-order valence-electron chi connectivity index (χ3n) is 5.57. The Labute approximate surface area is 210 Å². The van der Waals surface area contributed by atoms with E-state index in [9.17, 15) is 14.4 Å². The number of nitrogens with zero attached hydrogens (tertiary/aromatic N) is 2. The van der Waals surface area contributed by atoms with Crippen LogP contribution >= 0.6 is 27.7 Å². The van der Waals surface area contributed by atoms with E-state index in [4.69, 9.17) is 9.47 Å². The average Bonchev–Trinajstić information content (AvgIpc) is 3.45. The van der Waals surface area contributed by atoms with E-state index in [0.717, 1.165) is 52.8 Å². The number of imide groups is 1. The van der Waals surface area contributed by atoms with Crippen molar-refractivity contribution in [2.45, 2.75) is 12.8 Å². The lowest BCUT2D eigenvalue weighted by Gasteiger charge is -2.22. The summed E-state index contributed by atoms with van der Waals surface area (Å²) >= 11 is 4.13. The van der Waals surface area contributed by atoms with E-state index >= 15 is 0 Å². The SMILES string of the molecule is COc1cc(N2CCCC2)c(OC)cc1/C=C1\SC(=O)N(CC(=O)Nc2ccc(Br)cc2)C1=O. The van der Waals surface area contributed by atoms with Gasteiger partial charge < -0.3 is 19.7 Å². The Morgan fingerprint density at radius 1 is 1.09 bits per heavy atom. The molecule has 0 aliphatic carbocycles. The first-order chi connectivity index (χ1) is 16.4. The van der Waals surface area contributed by atoms with Gasteiger partial charge in [-0.3, -0.25) is 19.3 Å². The number of methoxy groups -OCH3 is 2. The zero-order valence-electron chi connectivity index (χ0n) is 18.8. The molecule has 2 aromatic rings. The second-order valence-electron chi connectivity index (χ2n) is 7.78. The smallest absolute Gasteiger partial charge is 0.294 e. The summed E-state index contributed by atoms with van der Waals surface area (Å²) in [4.78, 5) is 41.2. The molecule has 2 fully saturated rings. The highest BCUT2D eigenvalue weighted by Crippen LogP contribution is 2.40. The van der Waals surface area contributed by atoms with Gasteiger partial charge >= 0.3 is 0 Å². The Morgan fingerprint density at radius 2 is 1.76 bits per heavy atom. The normalized spacial score (nSPS) is 17.0. The van der Waals surface area contributed by atoms with Gasteiger partial charge in [-0.1, -0.05) is 15.9 Å². The number of amides is 3. The number of rotatable bonds is 7. The second-order valence-corrected chi connectivity index (χ2v) is 9.69. The van der Waals surface area contributed by atoms with Gasteiger partial charge in [0.15, 0.2) is 0 Å². The van der Waals surface area contributed by atoms with E-state index in [-0.39, 0.29) is 11.4 Å². The van der Waals surface area contributed by atoms with Gasteiger partial charge in [-0.2, -0.15) is 0 Å². The lowest BCUT2D eigenvalue weighted by molar-refractivity contribution is -0.127. The highest BCUT2D eigenvalue weighted by Gasteiger charge is 2.36. The minimum absolute atomic E-state index is 0.218. The van der Waals surface area contributed by atoms with Crippen LogP contribution in [0.4, 0.5) is 16.2 Å². The monoisotopic (exact) mass is 545 g/mol. The van der Waals surface area contributed by atoms with Crippen molar-refractivity contribution < 1.29 is 23.9 Å². The number of hydrogen-bond acceptors (Lipinski definition) is 7. The predicted molar refractivity (Wildman–Crippen MR) is 136 cm³/mol. The first-order valence-electron chi connectivity index (χ1n) is 10.7. The van der Waals surface area contributed by atoms with Crippen LogP contribution in [0.2, 0.25) is 0 Å². The molecule has 178 valence electrons. The van der Waals surface area contributed by atoms with Crippen molar-refractivity contribution in [3.05, 3.63) is 51.3 Å². The fourth-order valence-electron chi connectivity index (χ4n) is 3.88. The van der Waals surface area contributed by atoms with Crippen LogP contribution in [0.25, 0.3) is 6.08 Å². The number of carbonyl (C=O) groups excluding carboxylic acids is 3. The minimum Gasteiger partial charge on any atom is -0.496 e. The molecule has 2 heterocycles. The Kier molecular flexibility index (Phi) is 7.47. The molecular weight excluding hydrogens is 522 g/mol. The summed E-state index contributed by atoms with van der Waals surface area (Å²) in [5.41, 5.74) is 2.13. The van der Waals surface area contributed by atoms with Crippen LogP contribution in [0.1, 0.15) is 18.4 Å². The van der Waals surface area contributed by atoms with E-state index in [1.54, 1.807) is 50.6 Å². The van der Waals surface area contributed by atoms with Crippen molar-refractivity contribution in [3.63, 3.8) is 0 Å². The largest absolute Gasteiger partial charge is 0.496 e. The standard InChI is InChI=1S/C24H24BrN3O5S/c1-32-19-13-18(27-9-3-4-10-27)20(33-2)11-15(19)12-21-23(30)28(24(31)34-21)14-22(29)26-17-7-5-16(25)6-8-17/h5-8,11-13H,3-4,9-10,14H2,1-2H3,(H,26,29)/b21-12-. The van der Waals surface area contributed by atoms with Crippen molar-refractivity contribution in [1.82, 2.24) is 4.90 Å². The van der Waals surface area contributed by atoms with Crippen LogP contribution in [-0.2, 0) is 9.59 Å². The summed E-state index contributed by atoms with van der Waals surface area (Å²) in [6.07, 6.45) is 3.85.